The Labute approximate surface area is 147 Å². The third-order valence-electron chi connectivity index (χ3n) is 3.00. The summed E-state index contributed by atoms with van der Waals surface area (Å²) in [6.45, 7) is 1.66. The lowest BCUT2D eigenvalue weighted by Gasteiger charge is -2.27. The van der Waals surface area contributed by atoms with Crippen LogP contribution in [0.4, 0.5) is 0 Å². The van der Waals surface area contributed by atoms with Crippen LogP contribution in [-0.4, -0.2) is 29.0 Å². The lowest BCUT2D eigenvalue weighted by molar-refractivity contribution is 0.0721. The molecule has 0 saturated carbocycles. The van der Waals surface area contributed by atoms with Gasteiger partial charge in [0.15, 0.2) is 0 Å². The van der Waals surface area contributed by atoms with Gasteiger partial charge in [-0.15, -0.1) is 0 Å². The van der Waals surface area contributed by atoms with Crippen LogP contribution in [-0.2, 0) is 0 Å². The SMILES string of the molecule is O=C(c1c(I)cc(I)c(O)c1I)N1CCCCC1. The second-order valence-electron chi connectivity index (χ2n) is 4.23. The molecule has 18 heavy (non-hydrogen) atoms. The minimum Gasteiger partial charge on any atom is -0.506 e. The van der Waals surface area contributed by atoms with Gasteiger partial charge in [-0.1, -0.05) is 0 Å². The molecule has 1 heterocycles. The number of hydrogen-bond acceptors (Lipinski definition) is 2. The van der Waals surface area contributed by atoms with Crippen LogP contribution in [0.5, 0.6) is 5.75 Å². The predicted octanol–water partition coefficient (Wildman–Crippen LogP) is 3.83. The molecule has 1 saturated heterocycles. The first-order valence-electron chi connectivity index (χ1n) is 5.68. The van der Waals surface area contributed by atoms with Gasteiger partial charge in [0.2, 0.25) is 0 Å². The molecular weight excluding hydrogens is 571 g/mol. The largest absolute Gasteiger partial charge is 0.506 e. The van der Waals surface area contributed by atoms with Gasteiger partial charge in [0.25, 0.3) is 5.91 Å². The third kappa shape index (κ3) is 3.05. The van der Waals surface area contributed by atoms with E-state index in [-0.39, 0.29) is 11.7 Å². The number of aromatic hydroxyl groups is 1. The maximum Gasteiger partial charge on any atom is 0.256 e. The summed E-state index contributed by atoms with van der Waals surface area (Å²) in [7, 11) is 0. The molecule has 1 aromatic rings. The molecule has 6 heteroatoms. The number of amides is 1. The van der Waals surface area contributed by atoms with Gasteiger partial charge in [0, 0.05) is 16.7 Å². The summed E-state index contributed by atoms with van der Waals surface area (Å²) in [6.07, 6.45) is 3.36. The minimum atomic E-state index is 0.0511. The van der Waals surface area contributed by atoms with E-state index in [2.05, 4.69) is 67.8 Å². The number of phenols is 1. The number of hydrogen-bond donors (Lipinski definition) is 1. The molecule has 1 N–H and O–H groups in total. The zero-order valence-corrected chi connectivity index (χ0v) is 16.0. The number of phenolic OH excluding ortho intramolecular Hbond substituents is 1. The van der Waals surface area contributed by atoms with E-state index in [9.17, 15) is 9.90 Å². The fourth-order valence-electron chi connectivity index (χ4n) is 2.03. The van der Waals surface area contributed by atoms with Crippen molar-refractivity contribution >= 4 is 73.7 Å². The van der Waals surface area contributed by atoms with Crippen molar-refractivity contribution in [3.8, 4) is 5.75 Å². The van der Waals surface area contributed by atoms with Gasteiger partial charge < -0.3 is 10.0 Å². The van der Waals surface area contributed by atoms with Gasteiger partial charge in [0.05, 0.1) is 12.7 Å². The van der Waals surface area contributed by atoms with E-state index in [1.54, 1.807) is 0 Å². The number of halogens is 3. The van der Waals surface area contributed by atoms with E-state index in [1.807, 2.05) is 11.0 Å². The second kappa shape index (κ2) is 6.42. The molecule has 1 aliphatic rings. The van der Waals surface area contributed by atoms with Gasteiger partial charge in [0.1, 0.15) is 5.75 Å². The third-order valence-corrected chi connectivity index (χ3v) is 5.73. The second-order valence-corrected chi connectivity index (χ2v) is 7.63. The number of carbonyl (C=O) groups excluding carboxylic acids is 1. The first kappa shape index (κ1) is 15.1. The first-order chi connectivity index (χ1) is 8.52. The number of nitrogens with zero attached hydrogens (tertiary/aromatic N) is 1. The van der Waals surface area contributed by atoms with Crippen LogP contribution in [0, 0.1) is 10.7 Å². The Morgan fingerprint density at radius 1 is 1.11 bits per heavy atom. The van der Waals surface area contributed by atoms with Gasteiger partial charge in [-0.2, -0.15) is 0 Å². The van der Waals surface area contributed by atoms with E-state index in [0.29, 0.717) is 9.13 Å². The summed E-state index contributed by atoms with van der Waals surface area (Å²) < 4.78 is 2.37. The van der Waals surface area contributed by atoms with Gasteiger partial charge in [-0.3, -0.25) is 4.79 Å². The van der Waals surface area contributed by atoms with E-state index in [4.69, 9.17) is 0 Å². The number of likely N-dealkylation sites (tertiary alicyclic amines) is 1. The topological polar surface area (TPSA) is 40.5 Å². The zero-order valence-electron chi connectivity index (χ0n) is 9.55. The summed E-state index contributed by atoms with van der Waals surface area (Å²) in [6, 6.07) is 1.86. The Morgan fingerprint density at radius 3 is 2.33 bits per heavy atom. The number of carbonyl (C=O) groups is 1. The Hall–Kier alpha value is 0.680. The lowest BCUT2D eigenvalue weighted by atomic mass is 10.1. The van der Waals surface area contributed by atoms with Crippen LogP contribution >= 0.6 is 67.8 Å². The highest BCUT2D eigenvalue weighted by Crippen LogP contribution is 2.33. The zero-order chi connectivity index (χ0) is 13.3. The highest BCUT2D eigenvalue weighted by atomic mass is 127. The van der Waals surface area contributed by atoms with Crippen LogP contribution in [0.1, 0.15) is 29.6 Å². The first-order valence-corrected chi connectivity index (χ1v) is 8.91. The summed E-state index contributed by atoms with van der Waals surface area (Å²) in [5, 5.41) is 9.97. The molecule has 3 nitrogen and oxygen atoms in total. The van der Waals surface area contributed by atoms with Crippen molar-refractivity contribution in [1.29, 1.82) is 0 Å². The van der Waals surface area contributed by atoms with Crippen LogP contribution in [0.2, 0.25) is 0 Å². The normalized spacial score (nSPS) is 15.8. The molecule has 0 unspecified atom stereocenters. The fraction of sp³-hybridized carbons (Fsp3) is 0.417. The van der Waals surface area contributed by atoms with Gasteiger partial charge in [-0.25, -0.2) is 0 Å². The molecule has 2 rings (SSSR count). The van der Waals surface area contributed by atoms with E-state index in [0.717, 1.165) is 33.1 Å². The Kier molecular flexibility index (Phi) is 5.38. The highest BCUT2D eigenvalue weighted by Gasteiger charge is 2.24. The van der Waals surface area contributed by atoms with Crippen molar-refractivity contribution in [2.75, 3.05) is 13.1 Å². The Morgan fingerprint density at radius 2 is 1.72 bits per heavy atom. The summed E-state index contributed by atoms with van der Waals surface area (Å²) in [5.41, 5.74) is 0.649. The van der Waals surface area contributed by atoms with Crippen LogP contribution in [0.3, 0.4) is 0 Å². The molecule has 0 aromatic heterocycles. The molecule has 1 aliphatic heterocycles. The number of rotatable bonds is 1. The highest BCUT2D eigenvalue weighted by molar-refractivity contribution is 14.1. The summed E-state index contributed by atoms with van der Waals surface area (Å²) in [5.74, 6) is 0.271. The maximum atomic E-state index is 12.5. The molecule has 1 aromatic carbocycles. The van der Waals surface area contributed by atoms with Crippen molar-refractivity contribution < 1.29 is 9.90 Å². The molecule has 1 amide bonds. The van der Waals surface area contributed by atoms with Crippen molar-refractivity contribution in [2.24, 2.45) is 0 Å². The standard InChI is InChI=1S/C12H12I3NO2/c13-7-6-8(14)11(17)10(15)9(7)12(18)16-4-2-1-3-5-16/h6,17H,1-5H2. The van der Waals surface area contributed by atoms with Crippen LogP contribution in [0.25, 0.3) is 0 Å². The molecule has 98 valence electrons. The molecule has 0 bridgehead atoms. The lowest BCUT2D eigenvalue weighted by Crippen LogP contribution is -2.36. The van der Waals surface area contributed by atoms with E-state index >= 15 is 0 Å². The van der Waals surface area contributed by atoms with Crippen molar-refractivity contribution in [3.05, 3.63) is 22.3 Å². The molecular formula is C12H12I3NO2. The smallest absolute Gasteiger partial charge is 0.256 e. The van der Waals surface area contributed by atoms with Gasteiger partial charge >= 0.3 is 0 Å². The monoisotopic (exact) mass is 583 g/mol. The molecule has 1 fully saturated rings. The maximum absolute atomic E-state index is 12.5. The van der Waals surface area contributed by atoms with E-state index < -0.39 is 0 Å². The van der Waals surface area contributed by atoms with Gasteiger partial charge in [-0.05, 0) is 93.1 Å². The van der Waals surface area contributed by atoms with Crippen molar-refractivity contribution in [2.45, 2.75) is 19.3 Å². The molecule has 0 radical (unpaired) electrons. The van der Waals surface area contributed by atoms with Crippen LogP contribution < -0.4 is 0 Å². The average Bonchev–Trinajstić information content (AvgIpc) is 2.37. The molecule has 0 spiro atoms. The summed E-state index contributed by atoms with van der Waals surface area (Å²) in [4.78, 5) is 14.4. The van der Waals surface area contributed by atoms with Crippen molar-refractivity contribution in [3.63, 3.8) is 0 Å². The fourth-order valence-corrected chi connectivity index (χ4v) is 5.86. The minimum absolute atomic E-state index is 0.0511. The number of benzene rings is 1. The predicted molar refractivity (Wildman–Crippen MR) is 96.0 cm³/mol. The Bertz CT molecular complexity index is 485. The summed E-state index contributed by atoms with van der Waals surface area (Å²) >= 11 is 6.32. The average molecular weight is 583 g/mol. The van der Waals surface area contributed by atoms with Crippen LogP contribution in [0.15, 0.2) is 6.07 Å². The van der Waals surface area contributed by atoms with E-state index in [1.165, 1.54) is 6.42 Å². The molecule has 0 aliphatic carbocycles. The van der Waals surface area contributed by atoms with Crippen molar-refractivity contribution in [1.82, 2.24) is 4.90 Å². The Balaban J connectivity index is 2.38. The molecule has 0 atom stereocenters. The number of piperidine rings is 1. The quantitative estimate of drug-likeness (QED) is 0.512.